The van der Waals surface area contributed by atoms with Crippen molar-refractivity contribution >= 4 is 11.6 Å². The van der Waals surface area contributed by atoms with E-state index in [-0.39, 0.29) is 17.9 Å². The van der Waals surface area contributed by atoms with Gasteiger partial charge in [0.15, 0.2) is 0 Å². The predicted molar refractivity (Wildman–Crippen MR) is 74.5 cm³/mol. The first kappa shape index (κ1) is 13.1. The molecule has 98 valence electrons. The van der Waals surface area contributed by atoms with Gasteiger partial charge in [0.25, 0.3) is 0 Å². The Morgan fingerprint density at radius 1 is 1.50 bits per heavy atom. The first-order chi connectivity index (χ1) is 8.65. The molecule has 0 aliphatic carbocycles. The highest BCUT2D eigenvalue weighted by atomic mass is 16.2. The van der Waals surface area contributed by atoms with Crippen LogP contribution in [0.5, 0.6) is 0 Å². The third-order valence-corrected chi connectivity index (χ3v) is 3.71. The van der Waals surface area contributed by atoms with E-state index >= 15 is 0 Å². The Bertz CT molecular complexity index is 430. The number of carbonyl (C=O) groups is 1. The molecule has 3 heteroatoms. The molecule has 18 heavy (non-hydrogen) atoms. The van der Waals surface area contributed by atoms with Gasteiger partial charge in [-0.25, -0.2) is 0 Å². The first-order valence-corrected chi connectivity index (χ1v) is 6.76. The molecule has 3 nitrogen and oxygen atoms in total. The van der Waals surface area contributed by atoms with Gasteiger partial charge in [0, 0.05) is 17.6 Å². The lowest BCUT2D eigenvalue weighted by Gasteiger charge is -2.26. The molecule has 1 aromatic rings. The molecule has 0 saturated carbocycles. The fraction of sp³-hybridized carbons (Fsp3) is 0.533. The highest BCUT2D eigenvalue weighted by molar-refractivity contribution is 5.97. The number of amides is 1. The molecule has 2 rings (SSSR count). The van der Waals surface area contributed by atoms with Crippen LogP contribution >= 0.6 is 0 Å². The third kappa shape index (κ3) is 2.41. The van der Waals surface area contributed by atoms with E-state index in [2.05, 4.69) is 13.0 Å². The molecule has 0 bridgehead atoms. The third-order valence-electron chi connectivity index (χ3n) is 3.71. The van der Waals surface area contributed by atoms with Gasteiger partial charge in [0.1, 0.15) is 0 Å². The van der Waals surface area contributed by atoms with Gasteiger partial charge >= 0.3 is 0 Å². The molecule has 1 aromatic carbocycles. The van der Waals surface area contributed by atoms with Crippen LogP contribution in [0.15, 0.2) is 24.3 Å². The molecular weight excluding hydrogens is 224 g/mol. The summed E-state index contributed by atoms with van der Waals surface area (Å²) in [5.74, 6) is 0.294. The Labute approximate surface area is 109 Å². The Balaban J connectivity index is 2.15. The van der Waals surface area contributed by atoms with Crippen molar-refractivity contribution in [2.45, 2.75) is 39.2 Å². The Hall–Kier alpha value is -1.35. The zero-order valence-electron chi connectivity index (χ0n) is 11.2. The SMILES string of the molecule is CC(CCCN)C(=O)N1c2ccccc2CC1C. The van der Waals surface area contributed by atoms with E-state index in [1.165, 1.54) is 5.56 Å². The summed E-state index contributed by atoms with van der Waals surface area (Å²) in [7, 11) is 0. The highest BCUT2D eigenvalue weighted by Crippen LogP contribution is 2.33. The maximum atomic E-state index is 12.5. The molecule has 0 aromatic heterocycles. The minimum absolute atomic E-state index is 0.0576. The monoisotopic (exact) mass is 246 g/mol. The van der Waals surface area contributed by atoms with E-state index in [9.17, 15) is 4.79 Å². The predicted octanol–water partition coefficient (Wildman–Crippen LogP) is 2.34. The van der Waals surface area contributed by atoms with Crippen LogP contribution in [-0.4, -0.2) is 18.5 Å². The van der Waals surface area contributed by atoms with Crippen molar-refractivity contribution in [2.24, 2.45) is 11.7 Å². The van der Waals surface area contributed by atoms with Crippen molar-refractivity contribution in [3.63, 3.8) is 0 Å². The number of rotatable bonds is 4. The summed E-state index contributed by atoms with van der Waals surface area (Å²) in [6.45, 7) is 4.78. The fourth-order valence-corrected chi connectivity index (χ4v) is 2.69. The Morgan fingerprint density at radius 2 is 2.22 bits per heavy atom. The number of carbonyl (C=O) groups excluding carboxylic acids is 1. The van der Waals surface area contributed by atoms with Gasteiger partial charge in [-0.05, 0) is 44.4 Å². The van der Waals surface area contributed by atoms with Crippen LogP contribution in [0, 0.1) is 5.92 Å². The second-order valence-corrected chi connectivity index (χ2v) is 5.22. The molecule has 0 spiro atoms. The standard InChI is InChI=1S/C15H22N2O/c1-11(6-5-9-16)15(18)17-12(2)10-13-7-3-4-8-14(13)17/h3-4,7-8,11-12H,5-6,9-10,16H2,1-2H3. The summed E-state index contributed by atoms with van der Waals surface area (Å²) >= 11 is 0. The van der Waals surface area contributed by atoms with Gasteiger partial charge in [0.05, 0.1) is 0 Å². The van der Waals surface area contributed by atoms with Gasteiger partial charge in [-0.15, -0.1) is 0 Å². The second-order valence-electron chi connectivity index (χ2n) is 5.22. The highest BCUT2D eigenvalue weighted by Gasteiger charge is 2.32. The maximum Gasteiger partial charge on any atom is 0.230 e. The molecule has 2 atom stereocenters. The summed E-state index contributed by atoms with van der Waals surface area (Å²) in [4.78, 5) is 14.5. The fourth-order valence-electron chi connectivity index (χ4n) is 2.69. The molecular formula is C15H22N2O. The van der Waals surface area contributed by atoms with Crippen LogP contribution in [0.1, 0.15) is 32.3 Å². The van der Waals surface area contributed by atoms with Gasteiger partial charge in [-0.1, -0.05) is 25.1 Å². The van der Waals surface area contributed by atoms with Gasteiger partial charge in [-0.3, -0.25) is 4.79 Å². The number of benzene rings is 1. The zero-order chi connectivity index (χ0) is 13.1. The summed E-state index contributed by atoms with van der Waals surface area (Å²) in [5, 5.41) is 0. The molecule has 0 radical (unpaired) electrons. The number of anilines is 1. The molecule has 2 N–H and O–H groups in total. The van der Waals surface area contributed by atoms with Crippen LogP contribution in [0.3, 0.4) is 0 Å². The van der Waals surface area contributed by atoms with Crippen molar-refractivity contribution in [3.8, 4) is 0 Å². The number of hydrogen-bond donors (Lipinski definition) is 1. The van der Waals surface area contributed by atoms with Crippen LogP contribution in [0.2, 0.25) is 0 Å². The van der Waals surface area contributed by atoms with E-state index in [1.54, 1.807) is 0 Å². The number of nitrogens with zero attached hydrogens (tertiary/aromatic N) is 1. The van der Waals surface area contributed by atoms with E-state index in [0.29, 0.717) is 6.54 Å². The minimum Gasteiger partial charge on any atom is -0.330 e. The number of nitrogens with two attached hydrogens (primary N) is 1. The topological polar surface area (TPSA) is 46.3 Å². The maximum absolute atomic E-state index is 12.5. The summed E-state index contributed by atoms with van der Waals surface area (Å²) in [5.41, 5.74) is 7.88. The van der Waals surface area contributed by atoms with Crippen molar-refractivity contribution in [1.82, 2.24) is 0 Å². The molecule has 1 heterocycles. The molecule has 0 saturated heterocycles. The Morgan fingerprint density at radius 3 is 2.94 bits per heavy atom. The largest absolute Gasteiger partial charge is 0.330 e. The zero-order valence-corrected chi connectivity index (χ0v) is 11.2. The minimum atomic E-state index is 0.0576. The average Bonchev–Trinajstić information content (AvgIpc) is 2.70. The summed E-state index contributed by atoms with van der Waals surface area (Å²) in [6.07, 6.45) is 2.75. The van der Waals surface area contributed by atoms with Gasteiger partial charge in [-0.2, -0.15) is 0 Å². The number of hydrogen-bond acceptors (Lipinski definition) is 2. The molecule has 1 aliphatic heterocycles. The lowest BCUT2D eigenvalue weighted by atomic mass is 10.0. The van der Waals surface area contributed by atoms with Crippen LogP contribution in [0.4, 0.5) is 5.69 Å². The lowest BCUT2D eigenvalue weighted by Crippen LogP contribution is -2.39. The first-order valence-electron chi connectivity index (χ1n) is 6.76. The molecule has 1 aliphatic rings. The normalized spacial score (nSPS) is 19.7. The van der Waals surface area contributed by atoms with Crippen LogP contribution in [-0.2, 0) is 11.2 Å². The lowest BCUT2D eigenvalue weighted by molar-refractivity contribution is -0.122. The van der Waals surface area contributed by atoms with Gasteiger partial charge < -0.3 is 10.6 Å². The average molecular weight is 246 g/mol. The smallest absolute Gasteiger partial charge is 0.230 e. The van der Waals surface area contributed by atoms with Crippen molar-refractivity contribution in [3.05, 3.63) is 29.8 Å². The summed E-state index contributed by atoms with van der Waals surface area (Å²) < 4.78 is 0. The quantitative estimate of drug-likeness (QED) is 0.886. The summed E-state index contributed by atoms with van der Waals surface area (Å²) in [6, 6.07) is 8.48. The Kier molecular flexibility index (Phi) is 4.02. The van der Waals surface area contributed by atoms with Crippen molar-refractivity contribution in [2.75, 3.05) is 11.4 Å². The van der Waals surface area contributed by atoms with Crippen molar-refractivity contribution in [1.29, 1.82) is 0 Å². The number of fused-ring (bicyclic) bond motifs is 1. The molecule has 2 unspecified atom stereocenters. The molecule has 1 amide bonds. The van der Waals surface area contributed by atoms with Crippen LogP contribution < -0.4 is 10.6 Å². The van der Waals surface area contributed by atoms with Gasteiger partial charge in [0.2, 0.25) is 5.91 Å². The van der Waals surface area contributed by atoms with E-state index in [0.717, 1.165) is 24.9 Å². The van der Waals surface area contributed by atoms with E-state index in [1.807, 2.05) is 30.0 Å². The van der Waals surface area contributed by atoms with Crippen molar-refractivity contribution < 1.29 is 4.79 Å². The second kappa shape index (κ2) is 5.53. The van der Waals surface area contributed by atoms with E-state index < -0.39 is 0 Å². The van der Waals surface area contributed by atoms with E-state index in [4.69, 9.17) is 5.73 Å². The van der Waals surface area contributed by atoms with Crippen LogP contribution in [0.25, 0.3) is 0 Å². The number of para-hydroxylation sites is 1. The molecule has 0 fully saturated rings.